The first-order chi connectivity index (χ1) is 21.0. The van der Waals surface area contributed by atoms with Crippen LogP contribution in [-0.2, 0) is 14.3 Å². The molecule has 6 rings (SSSR count). The second-order valence-corrected chi connectivity index (χ2v) is 17.0. The first kappa shape index (κ1) is 32.3. The van der Waals surface area contributed by atoms with Crippen molar-refractivity contribution in [3.63, 3.8) is 0 Å². The molecule has 0 saturated heterocycles. The lowest BCUT2D eigenvalue weighted by molar-refractivity contribution is -0.238. The smallest absolute Gasteiger partial charge is 0.331 e. The maximum atomic E-state index is 13.0. The average Bonchev–Trinajstić information content (AvgIpc) is 2.97. The number of carbonyl (C=O) groups excluding carboxylic acids is 1. The maximum absolute atomic E-state index is 13.0. The second kappa shape index (κ2) is 10.7. The van der Waals surface area contributed by atoms with Crippen molar-refractivity contribution in [2.24, 2.45) is 56.7 Å². The predicted octanol–water partition coefficient (Wildman–Crippen LogP) is 8.03. The van der Waals surface area contributed by atoms with Gasteiger partial charge >= 0.3 is 11.9 Å². The van der Waals surface area contributed by atoms with Gasteiger partial charge in [0.15, 0.2) is 0 Å². The van der Waals surface area contributed by atoms with Gasteiger partial charge in [0.1, 0.15) is 11.9 Å². The molecule has 4 fully saturated rings. The van der Waals surface area contributed by atoms with Crippen molar-refractivity contribution in [3.8, 4) is 5.75 Å². The molecule has 0 bridgehead atoms. The van der Waals surface area contributed by atoms with E-state index in [-0.39, 0.29) is 33.8 Å². The van der Waals surface area contributed by atoms with Crippen LogP contribution in [-0.4, -0.2) is 39.5 Å². The van der Waals surface area contributed by atoms with Crippen LogP contribution < -0.4 is 0 Å². The third kappa shape index (κ3) is 4.58. The van der Waals surface area contributed by atoms with E-state index in [4.69, 9.17) is 4.74 Å². The number of carboxylic acids is 1. The summed E-state index contributed by atoms with van der Waals surface area (Å²) in [5, 5.41) is 32.0. The molecule has 0 amide bonds. The number of allylic oxidation sites excluding steroid dienone is 2. The van der Waals surface area contributed by atoms with E-state index < -0.39 is 35.0 Å². The van der Waals surface area contributed by atoms with Crippen LogP contribution in [0.15, 0.2) is 42.0 Å². The number of phenols is 1. The highest BCUT2D eigenvalue weighted by atomic mass is 16.6. The molecule has 0 aromatic heterocycles. The van der Waals surface area contributed by atoms with Crippen molar-refractivity contribution in [1.82, 2.24) is 0 Å². The predicted molar refractivity (Wildman–Crippen MR) is 175 cm³/mol. The molecule has 0 heterocycles. The van der Waals surface area contributed by atoms with Crippen LogP contribution >= 0.6 is 0 Å². The van der Waals surface area contributed by atoms with Crippen LogP contribution in [0.5, 0.6) is 5.75 Å². The van der Waals surface area contributed by atoms with Crippen LogP contribution in [0.25, 0.3) is 6.08 Å². The highest BCUT2D eigenvalue weighted by Crippen LogP contribution is 2.75. The van der Waals surface area contributed by atoms with E-state index in [2.05, 4.69) is 54.5 Å². The van der Waals surface area contributed by atoms with Crippen molar-refractivity contribution in [2.45, 2.75) is 112 Å². The SMILES string of the molecule is C[C@H]1[C@H](C)CC[C@]2(C(=O)O)CC[C@]3(C)C(=CC[C@H]4[C@@]5(C)C[C@@H](O)[C@H](OC(=O)/C=C\c6ccc(O)cc6)C(C)(C)[C@@H]5CC[C@]43C)[C@H]12. The third-order valence-corrected chi connectivity index (χ3v) is 14.9. The molecule has 11 atom stereocenters. The van der Waals surface area contributed by atoms with Gasteiger partial charge in [-0.3, -0.25) is 4.79 Å². The number of rotatable bonds is 4. The summed E-state index contributed by atoms with van der Waals surface area (Å²) in [6, 6.07) is 6.62. The Morgan fingerprint density at radius 1 is 0.933 bits per heavy atom. The minimum Gasteiger partial charge on any atom is -0.508 e. The van der Waals surface area contributed by atoms with Gasteiger partial charge in [0, 0.05) is 11.5 Å². The van der Waals surface area contributed by atoms with Gasteiger partial charge < -0.3 is 20.1 Å². The fourth-order valence-electron chi connectivity index (χ4n) is 12.1. The molecule has 0 radical (unpaired) electrons. The number of aliphatic carboxylic acids is 1. The van der Waals surface area contributed by atoms with Crippen molar-refractivity contribution in [3.05, 3.63) is 47.6 Å². The van der Waals surface area contributed by atoms with Crippen LogP contribution in [0.2, 0.25) is 0 Å². The molecule has 0 unspecified atom stereocenters. The summed E-state index contributed by atoms with van der Waals surface area (Å²) in [6.07, 6.45) is 11.1. The zero-order valence-corrected chi connectivity index (χ0v) is 28.3. The summed E-state index contributed by atoms with van der Waals surface area (Å²) in [5.74, 6) is 0.617. The molecule has 0 spiro atoms. The van der Waals surface area contributed by atoms with Gasteiger partial charge in [0.2, 0.25) is 0 Å². The van der Waals surface area contributed by atoms with Crippen LogP contribution in [0.3, 0.4) is 0 Å². The van der Waals surface area contributed by atoms with E-state index in [0.29, 0.717) is 24.2 Å². The largest absolute Gasteiger partial charge is 0.508 e. The quantitative estimate of drug-likeness (QED) is 0.179. The average molecular weight is 619 g/mol. The Labute approximate surface area is 269 Å². The van der Waals surface area contributed by atoms with Gasteiger partial charge in [0.05, 0.1) is 11.5 Å². The monoisotopic (exact) mass is 618 g/mol. The van der Waals surface area contributed by atoms with E-state index in [1.165, 1.54) is 11.6 Å². The molecule has 1 aromatic rings. The van der Waals surface area contributed by atoms with Crippen LogP contribution in [0.4, 0.5) is 0 Å². The molecule has 246 valence electrons. The highest BCUT2D eigenvalue weighted by molar-refractivity contribution is 5.87. The van der Waals surface area contributed by atoms with Crippen molar-refractivity contribution < 1.29 is 29.6 Å². The highest BCUT2D eigenvalue weighted by Gasteiger charge is 2.70. The topological polar surface area (TPSA) is 104 Å². The number of esters is 1. The van der Waals surface area contributed by atoms with E-state index in [9.17, 15) is 24.9 Å². The number of aliphatic hydroxyl groups is 1. The molecule has 3 N–H and O–H groups in total. The molecule has 5 aliphatic carbocycles. The fraction of sp³-hybridized carbons (Fsp3) is 0.692. The molecular formula is C39H54O6. The lowest BCUT2D eigenvalue weighted by atomic mass is 9.33. The molecule has 6 heteroatoms. The number of aliphatic hydroxyl groups excluding tert-OH is 1. The lowest BCUT2D eigenvalue weighted by Crippen LogP contribution is -2.67. The number of aromatic hydroxyl groups is 1. The Balaban J connectivity index is 1.29. The minimum absolute atomic E-state index is 0.0143. The zero-order chi connectivity index (χ0) is 32.7. The summed E-state index contributed by atoms with van der Waals surface area (Å²) in [6.45, 7) is 16.2. The van der Waals surface area contributed by atoms with Gasteiger partial charge in [-0.1, -0.05) is 72.2 Å². The molecular weight excluding hydrogens is 564 g/mol. The summed E-state index contributed by atoms with van der Waals surface area (Å²) in [5.41, 5.74) is 0.857. The number of ether oxygens (including phenoxy) is 1. The Hall–Kier alpha value is -2.60. The molecule has 1 aromatic carbocycles. The number of fused-ring (bicyclic) bond motifs is 7. The van der Waals surface area contributed by atoms with Gasteiger partial charge in [0.25, 0.3) is 0 Å². The number of hydrogen-bond acceptors (Lipinski definition) is 5. The first-order valence-corrected chi connectivity index (χ1v) is 17.3. The molecule has 45 heavy (non-hydrogen) atoms. The van der Waals surface area contributed by atoms with E-state index >= 15 is 0 Å². The summed E-state index contributed by atoms with van der Waals surface area (Å²) in [7, 11) is 0. The molecule has 0 aliphatic heterocycles. The van der Waals surface area contributed by atoms with Gasteiger partial charge in [-0.25, -0.2) is 4.79 Å². The Morgan fingerprint density at radius 2 is 1.62 bits per heavy atom. The van der Waals surface area contributed by atoms with E-state index in [1.54, 1.807) is 30.3 Å². The third-order valence-electron chi connectivity index (χ3n) is 14.9. The first-order valence-electron chi connectivity index (χ1n) is 17.3. The van der Waals surface area contributed by atoms with Crippen LogP contribution in [0, 0.1) is 56.7 Å². The molecule has 4 saturated carbocycles. The second-order valence-electron chi connectivity index (χ2n) is 17.0. The standard InChI is InChI=1S/C39H54O6/c1-23-16-19-39(34(43)44)21-20-37(6)27(32(39)24(23)2)13-14-30-36(5)22-28(41)33(35(3,4)29(36)17-18-38(30,37)7)45-31(42)15-10-25-8-11-26(40)12-9-25/h8-13,15,23-24,28-30,32-33,40-41H,14,16-22H2,1-7H3,(H,43,44)/b15-10-/t23-,24+,28-,29+,30+,32+,33+,36+,37-,38-,39+/m1/s1. The van der Waals surface area contributed by atoms with E-state index in [1.807, 2.05) is 0 Å². The number of carbonyl (C=O) groups is 2. The summed E-state index contributed by atoms with van der Waals surface area (Å²) < 4.78 is 6.05. The normalized spacial score (nSPS) is 45.3. The number of phenolic OH excluding ortho intramolecular Hbond substituents is 1. The maximum Gasteiger partial charge on any atom is 0.331 e. The van der Waals surface area contributed by atoms with Gasteiger partial charge in [-0.05, 0) is 121 Å². The molecule has 5 aliphatic rings. The Morgan fingerprint density at radius 3 is 2.29 bits per heavy atom. The van der Waals surface area contributed by atoms with Crippen LogP contribution in [0.1, 0.15) is 105 Å². The number of carboxylic acid groups (broad SMARTS) is 1. The minimum atomic E-state index is -0.780. The Kier molecular flexibility index (Phi) is 7.70. The summed E-state index contributed by atoms with van der Waals surface area (Å²) >= 11 is 0. The molecule has 6 nitrogen and oxygen atoms in total. The van der Waals surface area contributed by atoms with Gasteiger partial charge in [-0.15, -0.1) is 0 Å². The van der Waals surface area contributed by atoms with Gasteiger partial charge in [-0.2, -0.15) is 0 Å². The Bertz CT molecular complexity index is 1410. The zero-order valence-electron chi connectivity index (χ0n) is 28.3. The number of hydrogen-bond donors (Lipinski definition) is 3. The fourth-order valence-corrected chi connectivity index (χ4v) is 12.1. The van der Waals surface area contributed by atoms with Crippen molar-refractivity contribution in [2.75, 3.05) is 0 Å². The van der Waals surface area contributed by atoms with Crippen molar-refractivity contribution >= 4 is 18.0 Å². The van der Waals surface area contributed by atoms with E-state index in [0.717, 1.165) is 50.5 Å². The lowest BCUT2D eigenvalue weighted by Gasteiger charge is -2.71. The van der Waals surface area contributed by atoms with Crippen molar-refractivity contribution in [1.29, 1.82) is 0 Å². The number of benzene rings is 1. The summed E-state index contributed by atoms with van der Waals surface area (Å²) in [4.78, 5) is 26.0.